The molecule has 3 rings (SSSR count). The summed E-state index contributed by atoms with van der Waals surface area (Å²) in [5, 5.41) is 14.5. The van der Waals surface area contributed by atoms with Crippen LogP contribution in [0.3, 0.4) is 0 Å². The zero-order valence-corrected chi connectivity index (χ0v) is 16.1. The standard InChI is InChI=1S/C18H11BrCl2N2O3/c19-11-1-4-15(24)10(7-11)9-22-23-18(25)17-6-5-16(26-17)13-3-2-12(20)8-14(13)21/h1-9,24H,(H,23,25)/b22-9-. The van der Waals surface area contributed by atoms with Gasteiger partial charge in [-0.1, -0.05) is 39.1 Å². The maximum atomic E-state index is 12.1. The molecule has 0 aliphatic heterocycles. The Morgan fingerprint density at radius 2 is 1.96 bits per heavy atom. The van der Waals surface area contributed by atoms with E-state index in [4.69, 9.17) is 27.6 Å². The number of halogens is 3. The predicted molar refractivity (Wildman–Crippen MR) is 105 cm³/mol. The number of hydrogen-bond donors (Lipinski definition) is 2. The first-order valence-corrected chi connectivity index (χ1v) is 8.86. The van der Waals surface area contributed by atoms with E-state index in [1.165, 1.54) is 18.3 Å². The third-order valence-corrected chi connectivity index (χ3v) is 4.43. The predicted octanol–water partition coefficient (Wildman–Crippen LogP) is 5.49. The van der Waals surface area contributed by atoms with E-state index in [-0.39, 0.29) is 11.5 Å². The summed E-state index contributed by atoms with van der Waals surface area (Å²) in [6.07, 6.45) is 1.33. The van der Waals surface area contributed by atoms with Crippen LogP contribution in [0.15, 0.2) is 62.5 Å². The third kappa shape index (κ3) is 4.27. The number of nitrogens with zero attached hydrogens (tertiary/aromatic N) is 1. The number of rotatable bonds is 4. The van der Waals surface area contributed by atoms with Gasteiger partial charge in [0, 0.05) is 20.6 Å². The highest BCUT2D eigenvalue weighted by Gasteiger charge is 2.13. The molecule has 3 aromatic rings. The van der Waals surface area contributed by atoms with Crippen molar-refractivity contribution in [2.45, 2.75) is 0 Å². The normalized spacial score (nSPS) is 11.0. The van der Waals surface area contributed by atoms with Crippen LogP contribution in [0.1, 0.15) is 16.1 Å². The molecule has 0 aliphatic carbocycles. The lowest BCUT2D eigenvalue weighted by atomic mass is 10.2. The number of hydrazone groups is 1. The fraction of sp³-hybridized carbons (Fsp3) is 0. The summed E-state index contributed by atoms with van der Waals surface area (Å²) in [4.78, 5) is 12.1. The lowest BCUT2D eigenvalue weighted by Gasteiger charge is -2.01. The first-order valence-electron chi connectivity index (χ1n) is 7.31. The van der Waals surface area contributed by atoms with Crippen LogP contribution in [0.4, 0.5) is 0 Å². The topological polar surface area (TPSA) is 74.8 Å². The average Bonchev–Trinajstić information content (AvgIpc) is 3.07. The van der Waals surface area contributed by atoms with Crippen molar-refractivity contribution in [3.8, 4) is 17.1 Å². The van der Waals surface area contributed by atoms with E-state index >= 15 is 0 Å². The summed E-state index contributed by atoms with van der Waals surface area (Å²) in [6.45, 7) is 0. The fourth-order valence-corrected chi connectivity index (χ4v) is 3.02. The molecule has 0 aliphatic rings. The molecule has 26 heavy (non-hydrogen) atoms. The van der Waals surface area contributed by atoms with Crippen LogP contribution in [0.25, 0.3) is 11.3 Å². The quantitative estimate of drug-likeness (QED) is 0.405. The molecule has 0 radical (unpaired) electrons. The average molecular weight is 454 g/mol. The van der Waals surface area contributed by atoms with Gasteiger partial charge >= 0.3 is 5.91 Å². The van der Waals surface area contributed by atoms with Crippen LogP contribution in [-0.2, 0) is 0 Å². The molecule has 132 valence electrons. The summed E-state index contributed by atoms with van der Waals surface area (Å²) in [5.74, 6) is 0.0167. The van der Waals surface area contributed by atoms with Gasteiger partial charge in [-0.05, 0) is 48.5 Å². The Morgan fingerprint density at radius 3 is 2.73 bits per heavy atom. The SMILES string of the molecule is O=C(N/N=C\c1cc(Br)ccc1O)c1ccc(-c2ccc(Cl)cc2Cl)o1. The van der Waals surface area contributed by atoms with Gasteiger partial charge in [0.2, 0.25) is 0 Å². The molecule has 2 N–H and O–H groups in total. The Kier molecular flexibility index (Phi) is 5.66. The molecule has 1 heterocycles. The molecule has 0 bridgehead atoms. The molecule has 5 nitrogen and oxygen atoms in total. The van der Waals surface area contributed by atoms with Gasteiger partial charge in [0.05, 0.1) is 11.2 Å². The molecular weight excluding hydrogens is 443 g/mol. The number of phenols is 1. The highest BCUT2D eigenvalue weighted by molar-refractivity contribution is 9.10. The number of amides is 1. The smallest absolute Gasteiger partial charge is 0.307 e. The summed E-state index contributed by atoms with van der Waals surface area (Å²) < 4.78 is 6.30. The van der Waals surface area contributed by atoms with Crippen molar-refractivity contribution < 1.29 is 14.3 Å². The van der Waals surface area contributed by atoms with Crippen molar-refractivity contribution in [1.82, 2.24) is 5.43 Å². The van der Waals surface area contributed by atoms with Gasteiger partial charge in [0.25, 0.3) is 0 Å². The van der Waals surface area contributed by atoms with Gasteiger partial charge in [-0.15, -0.1) is 0 Å². The highest BCUT2D eigenvalue weighted by Crippen LogP contribution is 2.31. The molecule has 0 unspecified atom stereocenters. The van der Waals surface area contributed by atoms with E-state index in [1.807, 2.05) is 0 Å². The number of furan rings is 1. The molecule has 0 spiro atoms. The van der Waals surface area contributed by atoms with E-state index < -0.39 is 5.91 Å². The van der Waals surface area contributed by atoms with Crippen molar-refractivity contribution in [2.75, 3.05) is 0 Å². The molecule has 0 saturated carbocycles. The minimum Gasteiger partial charge on any atom is -0.507 e. The maximum Gasteiger partial charge on any atom is 0.307 e. The molecule has 0 fully saturated rings. The van der Waals surface area contributed by atoms with E-state index in [9.17, 15) is 9.90 Å². The number of hydrogen-bond acceptors (Lipinski definition) is 4. The second-order valence-corrected chi connectivity index (χ2v) is 6.95. The molecular formula is C18H11BrCl2N2O3. The highest BCUT2D eigenvalue weighted by atomic mass is 79.9. The zero-order valence-electron chi connectivity index (χ0n) is 13.0. The van der Waals surface area contributed by atoms with Crippen LogP contribution in [-0.4, -0.2) is 17.2 Å². The Balaban J connectivity index is 1.72. The van der Waals surface area contributed by atoms with Crippen molar-refractivity contribution in [3.63, 3.8) is 0 Å². The fourth-order valence-electron chi connectivity index (χ4n) is 2.14. The van der Waals surface area contributed by atoms with Gasteiger partial charge < -0.3 is 9.52 Å². The van der Waals surface area contributed by atoms with Crippen LogP contribution < -0.4 is 5.43 Å². The second-order valence-electron chi connectivity index (χ2n) is 5.19. The second kappa shape index (κ2) is 7.95. The van der Waals surface area contributed by atoms with Gasteiger partial charge in [-0.2, -0.15) is 5.10 Å². The number of aromatic hydroxyl groups is 1. The lowest BCUT2D eigenvalue weighted by molar-refractivity contribution is 0.0928. The largest absolute Gasteiger partial charge is 0.507 e. The Hall–Kier alpha value is -2.28. The van der Waals surface area contributed by atoms with Crippen LogP contribution in [0.5, 0.6) is 5.75 Å². The number of benzene rings is 2. The van der Waals surface area contributed by atoms with Crippen molar-refractivity contribution in [3.05, 3.63) is 74.4 Å². The number of phenolic OH excluding ortho intramolecular Hbond substituents is 1. The third-order valence-electron chi connectivity index (χ3n) is 3.39. The summed E-state index contributed by atoms with van der Waals surface area (Å²) in [5.41, 5.74) is 3.41. The lowest BCUT2D eigenvalue weighted by Crippen LogP contribution is -2.16. The molecule has 1 aromatic heterocycles. The zero-order chi connectivity index (χ0) is 18.7. The van der Waals surface area contributed by atoms with Crippen LogP contribution in [0, 0.1) is 0 Å². The van der Waals surface area contributed by atoms with Gasteiger partial charge in [-0.3, -0.25) is 4.79 Å². The van der Waals surface area contributed by atoms with E-state index in [0.29, 0.717) is 26.9 Å². The van der Waals surface area contributed by atoms with E-state index in [2.05, 4.69) is 26.5 Å². The Bertz CT molecular complexity index is 1000. The van der Waals surface area contributed by atoms with E-state index in [1.54, 1.807) is 36.4 Å². The summed E-state index contributed by atoms with van der Waals surface area (Å²) >= 11 is 15.3. The minimum atomic E-state index is -0.535. The molecule has 1 amide bonds. The van der Waals surface area contributed by atoms with Gasteiger partial charge in [0.15, 0.2) is 5.76 Å². The minimum absolute atomic E-state index is 0.0452. The number of carbonyl (C=O) groups is 1. The Labute approximate surface area is 167 Å². The van der Waals surface area contributed by atoms with Gasteiger partial charge in [-0.25, -0.2) is 5.43 Å². The van der Waals surface area contributed by atoms with Crippen LogP contribution >= 0.6 is 39.1 Å². The summed E-state index contributed by atoms with van der Waals surface area (Å²) in [6, 6.07) is 13.0. The molecule has 8 heteroatoms. The monoisotopic (exact) mass is 452 g/mol. The number of carbonyl (C=O) groups excluding carboxylic acids is 1. The first kappa shape index (κ1) is 18.5. The number of nitrogens with one attached hydrogen (secondary N) is 1. The summed E-state index contributed by atoms with van der Waals surface area (Å²) in [7, 11) is 0. The molecule has 2 aromatic carbocycles. The maximum absolute atomic E-state index is 12.1. The Morgan fingerprint density at radius 1 is 1.15 bits per heavy atom. The van der Waals surface area contributed by atoms with Gasteiger partial charge in [0.1, 0.15) is 11.5 Å². The van der Waals surface area contributed by atoms with Crippen molar-refractivity contribution >= 4 is 51.3 Å². The molecule has 0 saturated heterocycles. The van der Waals surface area contributed by atoms with Crippen LogP contribution in [0.2, 0.25) is 10.0 Å². The van der Waals surface area contributed by atoms with E-state index in [0.717, 1.165) is 4.47 Å². The van der Waals surface area contributed by atoms with Crippen molar-refractivity contribution in [1.29, 1.82) is 0 Å². The first-order chi connectivity index (χ1) is 12.4. The van der Waals surface area contributed by atoms with Crippen molar-refractivity contribution in [2.24, 2.45) is 5.10 Å². The molecule has 0 atom stereocenters.